The normalized spacial score (nSPS) is 13.7. The van der Waals surface area contributed by atoms with Gasteiger partial charge in [0.15, 0.2) is 40.5 Å². The Morgan fingerprint density at radius 2 is 1.02 bits per heavy atom. The van der Waals surface area contributed by atoms with E-state index in [1.54, 1.807) is 0 Å². The van der Waals surface area contributed by atoms with Crippen molar-refractivity contribution in [3.05, 3.63) is 126 Å². The maximum Gasteiger partial charge on any atom is 0.181 e. The first kappa shape index (κ1) is 23.6. The Morgan fingerprint density at radius 1 is 0.463 bits per heavy atom. The van der Waals surface area contributed by atoms with E-state index in [4.69, 9.17) is 24.4 Å². The molecule has 0 saturated carbocycles. The Bertz CT molecular complexity index is 1910. The van der Waals surface area contributed by atoms with Crippen LogP contribution in [-0.2, 0) is 5.41 Å². The van der Waals surface area contributed by atoms with Crippen molar-refractivity contribution in [2.24, 2.45) is 0 Å². The summed E-state index contributed by atoms with van der Waals surface area (Å²) in [6.45, 7) is 4.52. The zero-order valence-electron chi connectivity index (χ0n) is 22.6. The van der Waals surface area contributed by atoms with Crippen molar-refractivity contribution in [2.45, 2.75) is 19.3 Å². The third kappa shape index (κ3) is 3.66. The molecule has 2 heterocycles. The summed E-state index contributed by atoms with van der Waals surface area (Å²) in [5.74, 6) is 4.37. The summed E-state index contributed by atoms with van der Waals surface area (Å²) in [6.07, 6.45) is 0. The molecular weight excluding hydrogens is 506 g/mol. The third-order valence-corrected chi connectivity index (χ3v) is 8.01. The number of ether oxygens (including phenoxy) is 2. The van der Waals surface area contributed by atoms with Crippen molar-refractivity contribution < 1.29 is 9.47 Å². The third-order valence-electron chi connectivity index (χ3n) is 8.01. The summed E-state index contributed by atoms with van der Waals surface area (Å²) < 4.78 is 13.3. The summed E-state index contributed by atoms with van der Waals surface area (Å²) in [6, 6.07) is 38.5. The molecule has 1 aliphatic carbocycles. The summed E-state index contributed by atoms with van der Waals surface area (Å²) in [5, 5.41) is 0. The lowest BCUT2D eigenvalue weighted by Gasteiger charge is -2.26. The first-order chi connectivity index (χ1) is 20.1. The number of para-hydroxylation sites is 1. The molecule has 8 rings (SSSR count). The second-order valence-electron chi connectivity index (χ2n) is 10.9. The number of aromatic nitrogens is 3. The molecule has 0 spiro atoms. The van der Waals surface area contributed by atoms with Crippen LogP contribution in [-0.4, -0.2) is 15.0 Å². The van der Waals surface area contributed by atoms with E-state index in [2.05, 4.69) is 44.2 Å². The van der Waals surface area contributed by atoms with Gasteiger partial charge in [-0.3, -0.25) is 0 Å². The van der Waals surface area contributed by atoms with Crippen LogP contribution in [0.15, 0.2) is 115 Å². The molecule has 1 aromatic heterocycles. The predicted octanol–water partition coefficient (Wildman–Crippen LogP) is 9.08. The molecule has 0 radical (unpaired) electrons. The molecule has 0 fully saturated rings. The number of nitrogens with zero attached hydrogens (tertiary/aromatic N) is 3. The molecule has 196 valence electrons. The first-order valence-corrected chi connectivity index (χ1v) is 13.7. The molecule has 5 heteroatoms. The van der Waals surface area contributed by atoms with Crippen molar-refractivity contribution in [1.82, 2.24) is 15.0 Å². The molecule has 1 aliphatic heterocycles. The number of fused-ring (bicyclic) bond motifs is 6. The van der Waals surface area contributed by atoms with Crippen LogP contribution in [0.5, 0.6) is 23.0 Å². The Labute approximate surface area is 238 Å². The standard InChI is InChI=1S/C36H25N3O2/c1-36(2)26-18-10-9-16-24(26)30-27(36)20-21-29-32(30)41-28-19-11-17-25(31(28)40-29)35-38-33(22-12-5-3-6-13-22)37-34(39-35)23-14-7-4-8-15-23/h3-21H,1-2H3. The van der Waals surface area contributed by atoms with Gasteiger partial charge in [-0.05, 0) is 34.9 Å². The molecule has 0 unspecified atom stereocenters. The predicted molar refractivity (Wildman–Crippen MR) is 160 cm³/mol. The number of hydrogen-bond acceptors (Lipinski definition) is 5. The fourth-order valence-corrected chi connectivity index (χ4v) is 5.95. The van der Waals surface area contributed by atoms with Crippen molar-refractivity contribution in [3.63, 3.8) is 0 Å². The minimum absolute atomic E-state index is 0.126. The van der Waals surface area contributed by atoms with Gasteiger partial charge in [-0.15, -0.1) is 0 Å². The number of rotatable bonds is 3. The molecule has 6 aromatic rings. The van der Waals surface area contributed by atoms with E-state index in [0.29, 0.717) is 34.7 Å². The fourth-order valence-electron chi connectivity index (χ4n) is 5.95. The van der Waals surface area contributed by atoms with Gasteiger partial charge >= 0.3 is 0 Å². The lowest BCUT2D eigenvalue weighted by molar-refractivity contribution is 0.361. The van der Waals surface area contributed by atoms with Crippen LogP contribution in [0.2, 0.25) is 0 Å². The quantitative estimate of drug-likeness (QED) is 0.228. The average molecular weight is 532 g/mol. The highest BCUT2D eigenvalue weighted by atomic mass is 16.6. The van der Waals surface area contributed by atoms with Gasteiger partial charge in [-0.1, -0.05) is 111 Å². The highest BCUT2D eigenvalue weighted by molar-refractivity contribution is 5.88. The van der Waals surface area contributed by atoms with E-state index >= 15 is 0 Å². The Balaban J connectivity index is 1.28. The minimum atomic E-state index is -0.126. The SMILES string of the molecule is CC1(C)c2ccccc2-c2c1ccc1c2Oc2cccc(-c3nc(-c4ccccc4)nc(-c4ccccc4)n3)c2O1. The van der Waals surface area contributed by atoms with Crippen molar-refractivity contribution >= 4 is 0 Å². The van der Waals surface area contributed by atoms with Crippen LogP contribution in [0.25, 0.3) is 45.3 Å². The molecular formula is C36H25N3O2. The Morgan fingerprint density at radius 3 is 1.73 bits per heavy atom. The lowest BCUT2D eigenvalue weighted by Crippen LogP contribution is -2.15. The molecule has 5 nitrogen and oxygen atoms in total. The highest BCUT2D eigenvalue weighted by Gasteiger charge is 2.39. The van der Waals surface area contributed by atoms with Crippen molar-refractivity contribution in [2.75, 3.05) is 0 Å². The molecule has 0 saturated heterocycles. The van der Waals surface area contributed by atoms with E-state index in [-0.39, 0.29) is 5.41 Å². The summed E-state index contributed by atoms with van der Waals surface area (Å²) >= 11 is 0. The van der Waals surface area contributed by atoms with Gasteiger partial charge in [0.2, 0.25) is 0 Å². The maximum absolute atomic E-state index is 6.67. The monoisotopic (exact) mass is 531 g/mol. The summed E-state index contributed by atoms with van der Waals surface area (Å²) in [4.78, 5) is 14.7. The number of benzene rings is 5. The van der Waals surface area contributed by atoms with Crippen LogP contribution in [0.3, 0.4) is 0 Å². The van der Waals surface area contributed by atoms with E-state index in [9.17, 15) is 0 Å². The molecule has 0 bridgehead atoms. The van der Waals surface area contributed by atoms with E-state index < -0.39 is 0 Å². The second kappa shape index (κ2) is 8.86. The number of hydrogen-bond donors (Lipinski definition) is 0. The van der Waals surface area contributed by atoms with E-state index in [1.165, 1.54) is 16.7 Å². The van der Waals surface area contributed by atoms with Gasteiger partial charge in [-0.25, -0.2) is 15.0 Å². The van der Waals surface area contributed by atoms with E-state index in [0.717, 1.165) is 28.0 Å². The van der Waals surface area contributed by atoms with Crippen LogP contribution in [0.4, 0.5) is 0 Å². The maximum atomic E-state index is 6.67. The van der Waals surface area contributed by atoms with Gasteiger partial charge in [0.1, 0.15) is 0 Å². The first-order valence-electron chi connectivity index (χ1n) is 13.7. The molecule has 0 amide bonds. The van der Waals surface area contributed by atoms with Crippen LogP contribution >= 0.6 is 0 Å². The largest absolute Gasteiger partial charge is 0.449 e. The zero-order valence-corrected chi connectivity index (χ0v) is 22.6. The topological polar surface area (TPSA) is 57.1 Å². The van der Waals surface area contributed by atoms with Crippen molar-refractivity contribution in [3.8, 4) is 68.3 Å². The lowest BCUT2D eigenvalue weighted by atomic mass is 9.82. The van der Waals surface area contributed by atoms with Crippen LogP contribution < -0.4 is 9.47 Å². The van der Waals surface area contributed by atoms with Gasteiger partial charge in [0, 0.05) is 22.1 Å². The van der Waals surface area contributed by atoms with Gasteiger partial charge in [0.25, 0.3) is 0 Å². The second-order valence-corrected chi connectivity index (χ2v) is 10.9. The zero-order chi connectivity index (χ0) is 27.6. The summed E-state index contributed by atoms with van der Waals surface area (Å²) in [5.41, 5.74) is 7.25. The average Bonchev–Trinajstić information content (AvgIpc) is 3.27. The molecule has 0 atom stereocenters. The minimum Gasteiger partial charge on any atom is -0.449 e. The molecule has 5 aromatic carbocycles. The summed E-state index contributed by atoms with van der Waals surface area (Å²) in [7, 11) is 0. The van der Waals surface area contributed by atoms with Gasteiger partial charge in [0.05, 0.1) is 5.56 Å². The van der Waals surface area contributed by atoms with Crippen LogP contribution in [0, 0.1) is 0 Å². The smallest absolute Gasteiger partial charge is 0.181 e. The van der Waals surface area contributed by atoms with Gasteiger partial charge < -0.3 is 9.47 Å². The van der Waals surface area contributed by atoms with Gasteiger partial charge in [-0.2, -0.15) is 0 Å². The fraction of sp³-hybridized carbons (Fsp3) is 0.0833. The highest BCUT2D eigenvalue weighted by Crippen LogP contribution is 2.59. The molecule has 0 N–H and O–H groups in total. The molecule has 2 aliphatic rings. The Kier molecular flexibility index (Phi) is 5.10. The van der Waals surface area contributed by atoms with Crippen LogP contribution in [0.1, 0.15) is 25.0 Å². The van der Waals surface area contributed by atoms with E-state index in [1.807, 2.05) is 84.9 Å². The van der Waals surface area contributed by atoms with Crippen molar-refractivity contribution in [1.29, 1.82) is 0 Å². The Hall–Kier alpha value is -5.29. The molecule has 41 heavy (non-hydrogen) atoms.